The summed E-state index contributed by atoms with van der Waals surface area (Å²) in [6.45, 7) is 4.12. The summed E-state index contributed by atoms with van der Waals surface area (Å²) in [5.74, 6) is 0. The fourth-order valence-corrected chi connectivity index (χ4v) is 1.58. The molecular formula is C11H10ClN2. The first kappa shape index (κ1) is 9.28. The molecular weight excluding hydrogens is 196 g/mol. The van der Waals surface area contributed by atoms with Crippen LogP contribution in [0.2, 0.25) is 5.15 Å². The van der Waals surface area contributed by atoms with Crippen LogP contribution in [0.5, 0.6) is 0 Å². The molecule has 14 heavy (non-hydrogen) atoms. The summed E-state index contributed by atoms with van der Waals surface area (Å²) in [5, 5.41) is 4.49. The second-order valence-corrected chi connectivity index (χ2v) is 3.66. The van der Waals surface area contributed by atoms with E-state index in [1.807, 2.05) is 6.07 Å². The monoisotopic (exact) mass is 205 g/mol. The summed E-state index contributed by atoms with van der Waals surface area (Å²) < 4.78 is 1.73. The Balaban J connectivity index is 2.52. The van der Waals surface area contributed by atoms with Crippen LogP contribution in [0.3, 0.4) is 0 Å². The van der Waals surface area contributed by atoms with Crippen LogP contribution in [0.4, 0.5) is 0 Å². The van der Waals surface area contributed by atoms with Crippen LogP contribution in [-0.2, 0) is 0 Å². The van der Waals surface area contributed by atoms with Crippen molar-refractivity contribution in [1.29, 1.82) is 0 Å². The summed E-state index contributed by atoms with van der Waals surface area (Å²) >= 11 is 5.71. The first-order valence-electron chi connectivity index (χ1n) is 4.37. The Morgan fingerprint density at radius 3 is 2.71 bits per heavy atom. The number of hydrogen-bond acceptors (Lipinski definition) is 1. The Morgan fingerprint density at radius 2 is 2.14 bits per heavy atom. The maximum absolute atomic E-state index is 5.71. The van der Waals surface area contributed by atoms with Crippen LogP contribution >= 0.6 is 11.6 Å². The normalized spacial score (nSPS) is 10.5. The third-order valence-electron chi connectivity index (χ3n) is 2.10. The molecule has 0 spiro atoms. The Morgan fingerprint density at radius 1 is 1.36 bits per heavy atom. The summed E-state index contributed by atoms with van der Waals surface area (Å²) in [6.07, 6.45) is 1.74. The summed E-state index contributed by atoms with van der Waals surface area (Å²) in [7, 11) is 0. The number of aromatic nitrogens is 2. The molecule has 0 saturated heterocycles. The Labute approximate surface area is 88.1 Å². The molecule has 71 valence electrons. The van der Waals surface area contributed by atoms with Crippen LogP contribution in [-0.4, -0.2) is 9.78 Å². The number of benzene rings is 1. The zero-order valence-electron chi connectivity index (χ0n) is 8.08. The summed E-state index contributed by atoms with van der Waals surface area (Å²) in [6, 6.07) is 9.03. The van der Waals surface area contributed by atoms with Crippen molar-refractivity contribution in [2.75, 3.05) is 0 Å². The molecule has 0 fully saturated rings. The first-order chi connectivity index (χ1) is 6.66. The van der Waals surface area contributed by atoms with Crippen molar-refractivity contribution in [3.63, 3.8) is 0 Å². The van der Waals surface area contributed by atoms with E-state index < -0.39 is 0 Å². The van der Waals surface area contributed by atoms with Crippen LogP contribution in [0.1, 0.15) is 11.1 Å². The van der Waals surface area contributed by atoms with Gasteiger partial charge >= 0.3 is 0 Å². The van der Waals surface area contributed by atoms with E-state index in [2.05, 4.69) is 37.1 Å². The van der Waals surface area contributed by atoms with Crippen molar-refractivity contribution in [3.8, 4) is 5.69 Å². The molecule has 0 aliphatic rings. The van der Waals surface area contributed by atoms with E-state index >= 15 is 0 Å². The predicted octanol–water partition coefficient (Wildman–Crippen LogP) is 2.94. The van der Waals surface area contributed by atoms with Gasteiger partial charge in [-0.15, -0.1) is 0 Å². The molecule has 2 aromatic rings. The predicted molar refractivity (Wildman–Crippen MR) is 56.9 cm³/mol. The lowest BCUT2D eigenvalue weighted by atomic mass is 10.1. The SMILES string of the molecule is Cc1ccc(-n2c[c]c(Cl)n2)c(C)c1. The van der Waals surface area contributed by atoms with Gasteiger partial charge in [-0.25, -0.2) is 4.68 Å². The second kappa shape index (κ2) is 3.46. The highest BCUT2D eigenvalue weighted by atomic mass is 35.5. The van der Waals surface area contributed by atoms with Crippen molar-refractivity contribution in [2.24, 2.45) is 0 Å². The average Bonchev–Trinajstić information content (AvgIpc) is 2.51. The number of rotatable bonds is 1. The van der Waals surface area contributed by atoms with Gasteiger partial charge in [-0.05, 0) is 25.5 Å². The fraction of sp³-hybridized carbons (Fsp3) is 0.182. The largest absolute Gasteiger partial charge is 0.239 e. The molecule has 0 aliphatic heterocycles. The van der Waals surface area contributed by atoms with Crippen LogP contribution in [0, 0.1) is 19.9 Å². The zero-order valence-corrected chi connectivity index (χ0v) is 8.84. The van der Waals surface area contributed by atoms with E-state index in [4.69, 9.17) is 11.6 Å². The maximum atomic E-state index is 5.71. The van der Waals surface area contributed by atoms with Gasteiger partial charge in [0.25, 0.3) is 0 Å². The molecule has 0 bridgehead atoms. The molecule has 1 radical (unpaired) electrons. The molecule has 3 heteroatoms. The topological polar surface area (TPSA) is 17.8 Å². The minimum atomic E-state index is 0.393. The lowest BCUT2D eigenvalue weighted by molar-refractivity contribution is 0.872. The van der Waals surface area contributed by atoms with Crippen molar-refractivity contribution >= 4 is 11.6 Å². The van der Waals surface area contributed by atoms with Gasteiger partial charge in [0.1, 0.15) is 0 Å². The standard InChI is InChI=1S/C11H10ClN2/c1-8-3-4-10(9(2)7-8)14-6-5-11(12)13-14/h3-4,6-7H,1-2H3. The average molecular weight is 206 g/mol. The minimum Gasteiger partial charge on any atom is -0.239 e. The van der Waals surface area contributed by atoms with Gasteiger partial charge in [-0.3, -0.25) is 0 Å². The minimum absolute atomic E-state index is 0.393. The summed E-state index contributed by atoms with van der Waals surface area (Å²) in [5.41, 5.74) is 3.46. The molecule has 0 saturated carbocycles. The number of hydrogen-bond donors (Lipinski definition) is 0. The molecule has 0 aliphatic carbocycles. The smallest absolute Gasteiger partial charge is 0.159 e. The van der Waals surface area contributed by atoms with E-state index in [0.29, 0.717) is 5.15 Å². The number of halogens is 1. The van der Waals surface area contributed by atoms with Gasteiger partial charge in [0, 0.05) is 12.3 Å². The molecule has 2 nitrogen and oxygen atoms in total. The van der Waals surface area contributed by atoms with E-state index in [1.54, 1.807) is 10.9 Å². The Kier molecular flexibility index (Phi) is 2.30. The highest BCUT2D eigenvalue weighted by Crippen LogP contribution is 2.15. The molecule has 2 rings (SSSR count). The van der Waals surface area contributed by atoms with E-state index in [-0.39, 0.29) is 0 Å². The van der Waals surface area contributed by atoms with E-state index in [0.717, 1.165) is 5.69 Å². The van der Waals surface area contributed by atoms with E-state index in [1.165, 1.54) is 11.1 Å². The van der Waals surface area contributed by atoms with Gasteiger partial charge in [-0.2, -0.15) is 5.10 Å². The summed E-state index contributed by atoms with van der Waals surface area (Å²) in [4.78, 5) is 0. The lowest BCUT2D eigenvalue weighted by Crippen LogP contribution is -1.97. The van der Waals surface area contributed by atoms with Crippen molar-refractivity contribution < 1.29 is 0 Å². The Hall–Kier alpha value is -1.28. The van der Waals surface area contributed by atoms with Crippen LogP contribution in [0.25, 0.3) is 5.69 Å². The molecule has 0 atom stereocenters. The van der Waals surface area contributed by atoms with Crippen molar-refractivity contribution in [3.05, 3.63) is 46.7 Å². The molecule has 1 heterocycles. The van der Waals surface area contributed by atoms with Gasteiger partial charge in [0.2, 0.25) is 0 Å². The number of aryl methyl sites for hydroxylation is 2. The first-order valence-corrected chi connectivity index (χ1v) is 4.75. The molecule has 1 aromatic heterocycles. The quantitative estimate of drug-likeness (QED) is 0.700. The van der Waals surface area contributed by atoms with E-state index in [9.17, 15) is 0 Å². The third-order valence-corrected chi connectivity index (χ3v) is 2.29. The third kappa shape index (κ3) is 1.66. The van der Waals surface area contributed by atoms with Gasteiger partial charge in [-0.1, -0.05) is 29.3 Å². The highest BCUT2D eigenvalue weighted by Gasteiger charge is 2.02. The fourth-order valence-electron chi connectivity index (χ4n) is 1.45. The van der Waals surface area contributed by atoms with Crippen molar-refractivity contribution in [1.82, 2.24) is 9.78 Å². The van der Waals surface area contributed by atoms with Crippen molar-refractivity contribution in [2.45, 2.75) is 13.8 Å². The molecule has 0 amide bonds. The Bertz CT molecular complexity index is 460. The van der Waals surface area contributed by atoms with Gasteiger partial charge in [0.05, 0.1) is 5.69 Å². The zero-order chi connectivity index (χ0) is 10.1. The molecule has 0 N–H and O–H groups in total. The molecule has 1 aromatic carbocycles. The number of nitrogens with zero attached hydrogens (tertiary/aromatic N) is 2. The van der Waals surface area contributed by atoms with Crippen LogP contribution < -0.4 is 0 Å². The highest BCUT2D eigenvalue weighted by molar-refractivity contribution is 6.29. The maximum Gasteiger partial charge on any atom is 0.159 e. The molecule has 0 unspecified atom stereocenters. The van der Waals surface area contributed by atoms with Crippen LogP contribution in [0.15, 0.2) is 24.4 Å². The van der Waals surface area contributed by atoms with Gasteiger partial charge in [0.15, 0.2) is 5.15 Å². The van der Waals surface area contributed by atoms with Gasteiger partial charge < -0.3 is 0 Å². The second-order valence-electron chi connectivity index (χ2n) is 3.30. The lowest BCUT2D eigenvalue weighted by Gasteiger charge is -2.05.